The molecule has 0 aromatic heterocycles. The highest BCUT2D eigenvalue weighted by Crippen LogP contribution is 2.37. The minimum absolute atomic E-state index is 0.201. The van der Waals surface area contributed by atoms with E-state index in [2.05, 4.69) is 6.92 Å². The van der Waals surface area contributed by atoms with Gasteiger partial charge < -0.3 is 24.1 Å². The smallest absolute Gasteiger partial charge is 0.164 e. The Bertz CT molecular complexity index is 328. The molecule has 0 saturated carbocycles. The summed E-state index contributed by atoms with van der Waals surface area (Å²) < 4.78 is 23.3. The van der Waals surface area contributed by atoms with Crippen molar-refractivity contribution in [3.63, 3.8) is 0 Å². The molecule has 2 rings (SSSR count). The van der Waals surface area contributed by atoms with E-state index in [1.807, 2.05) is 27.7 Å². The van der Waals surface area contributed by atoms with Crippen molar-refractivity contribution in [2.24, 2.45) is 0 Å². The Labute approximate surface area is 121 Å². The molecule has 0 aliphatic carbocycles. The Balaban J connectivity index is 2.04. The van der Waals surface area contributed by atoms with Crippen molar-refractivity contribution in [3.8, 4) is 0 Å². The van der Waals surface area contributed by atoms with Gasteiger partial charge in [0.15, 0.2) is 11.6 Å². The zero-order valence-electron chi connectivity index (χ0n) is 13.2. The van der Waals surface area contributed by atoms with Crippen LogP contribution in [0.2, 0.25) is 0 Å². The molecule has 2 fully saturated rings. The maximum atomic E-state index is 10.4. The number of ether oxygens (including phenoxy) is 4. The normalized spacial score (nSPS) is 37.2. The van der Waals surface area contributed by atoms with Crippen LogP contribution in [0.1, 0.15) is 53.9 Å². The molecule has 1 N–H and O–H groups in total. The number of rotatable bonds is 5. The molecular weight excluding hydrogens is 260 g/mol. The van der Waals surface area contributed by atoms with Crippen molar-refractivity contribution in [1.82, 2.24) is 0 Å². The van der Waals surface area contributed by atoms with E-state index in [9.17, 15) is 5.11 Å². The molecule has 0 amide bonds. The molecule has 0 aromatic carbocycles. The van der Waals surface area contributed by atoms with Crippen molar-refractivity contribution in [3.05, 3.63) is 0 Å². The first-order chi connectivity index (χ1) is 9.24. The number of unbranched alkanes of at least 4 members (excludes halogenated alkanes) is 1. The van der Waals surface area contributed by atoms with Gasteiger partial charge in [0.25, 0.3) is 0 Å². The third-order valence-corrected chi connectivity index (χ3v) is 3.79. The van der Waals surface area contributed by atoms with Gasteiger partial charge >= 0.3 is 0 Å². The maximum absolute atomic E-state index is 10.4. The number of hydrogen-bond acceptors (Lipinski definition) is 5. The van der Waals surface area contributed by atoms with Gasteiger partial charge in [-0.05, 0) is 34.1 Å². The molecule has 2 aliphatic rings. The molecule has 2 heterocycles. The van der Waals surface area contributed by atoms with Gasteiger partial charge in [0, 0.05) is 0 Å². The van der Waals surface area contributed by atoms with Crippen molar-refractivity contribution in [2.75, 3.05) is 6.61 Å². The van der Waals surface area contributed by atoms with E-state index in [-0.39, 0.29) is 18.3 Å². The van der Waals surface area contributed by atoms with Gasteiger partial charge in [-0.15, -0.1) is 0 Å². The summed E-state index contributed by atoms with van der Waals surface area (Å²) in [6.07, 6.45) is 1.35. The summed E-state index contributed by atoms with van der Waals surface area (Å²) >= 11 is 0. The fraction of sp³-hybridized carbons (Fsp3) is 1.00. The fourth-order valence-corrected chi connectivity index (χ4v) is 2.86. The maximum Gasteiger partial charge on any atom is 0.164 e. The molecule has 2 aliphatic heterocycles. The standard InChI is InChI=1S/C15H28O5/c1-6-7-8-10(16)12-13(20-15(4,5)19-12)11-9-17-14(2,3)18-11/h10-13,16H,6-9H2,1-5H3/t10-,11+,12+,13+/m0/s1. The Morgan fingerprint density at radius 3 is 2.35 bits per heavy atom. The van der Waals surface area contributed by atoms with Crippen molar-refractivity contribution >= 4 is 0 Å². The van der Waals surface area contributed by atoms with Crippen LogP contribution in [0.25, 0.3) is 0 Å². The monoisotopic (exact) mass is 288 g/mol. The summed E-state index contributed by atoms with van der Waals surface area (Å²) in [6.45, 7) is 10.1. The van der Waals surface area contributed by atoms with E-state index in [4.69, 9.17) is 18.9 Å². The van der Waals surface area contributed by atoms with E-state index in [1.54, 1.807) is 0 Å². The minimum atomic E-state index is -0.696. The number of hydrogen-bond donors (Lipinski definition) is 1. The first-order valence-electron chi connectivity index (χ1n) is 7.59. The lowest BCUT2D eigenvalue weighted by atomic mass is 9.99. The Morgan fingerprint density at radius 2 is 1.80 bits per heavy atom. The van der Waals surface area contributed by atoms with Crippen LogP contribution in [0, 0.1) is 0 Å². The predicted molar refractivity (Wildman–Crippen MR) is 74.3 cm³/mol. The van der Waals surface area contributed by atoms with E-state index < -0.39 is 17.7 Å². The molecule has 20 heavy (non-hydrogen) atoms. The molecule has 4 atom stereocenters. The lowest BCUT2D eigenvalue weighted by Gasteiger charge is -2.26. The summed E-state index contributed by atoms with van der Waals surface area (Å²) in [7, 11) is 0. The van der Waals surface area contributed by atoms with Crippen LogP contribution in [0.15, 0.2) is 0 Å². The number of aliphatic hydroxyl groups excluding tert-OH is 1. The van der Waals surface area contributed by atoms with Gasteiger partial charge in [0.05, 0.1) is 12.7 Å². The third-order valence-electron chi connectivity index (χ3n) is 3.79. The second-order valence-corrected chi connectivity index (χ2v) is 6.64. The SMILES string of the molecule is CCCC[C@H](O)[C@H]1OC(C)(C)O[C@@H]1[C@H]1COC(C)(C)O1. The summed E-state index contributed by atoms with van der Waals surface area (Å²) in [5.74, 6) is -1.29. The van der Waals surface area contributed by atoms with Gasteiger partial charge in [0.2, 0.25) is 0 Å². The highest BCUT2D eigenvalue weighted by molar-refractivity contribution is 4.93. The second-order valence-electron chi connectivity index (χ2n) is 6.64. The lowest BCUT2D eigenvalue weighted by molar-refractivity contribution is -0.175. The molecule has 0 spiro atoms. The Hall–Kier alpha value is -0.200. The van der Waals surface area contributed by atoms with Crippen LogP contribution >= 0.6 is 0 Å². The highest BCUT2D eigenvalue weighted by Gasteiger charge is 2.51. The molecule has 0 aromatic rings. The fourth-order valence-electron chi connectivity index (χ4n) is 2.86. The third kappa shape index (κ3) is 3.71. The topological polar surface area (TPSA) is 57.2 Å². The molecular formula is C15H28O5. The molecule has 5 heteroatoms. The molecule has 0 radical (unpaired) electrons. The van der Waals surface area contributed by atoms with Crippen LogP contribution < -0.4 is 0 Å². The summed E-state index contributed by atoms with van der Waals surface area (Å²) in [5.41, 5.74) is 0. The van der Waals surface area contributed by atoms with Crippen molar-refractivity contribution in [1.29, 1.82) is 0 Å². The molecule has 118 valence electrons. The summed E-state index contributed by atoms with van der Waals surface area (Å²) in [4.78, 5) is 0. The first kappa shape index (κ1) is 16.2. The summed E-state index contributed by atoms with van der Waals surface area (Å²) in [5, 5.41) is 10.4. The van der Waals surface area contributed by atoms with Gasteiger partial charge in [-0.2, -0.15) is 0 Å². The minimum Gasteiger partial charge on any atom is -0.390 e. The van der Waals surface area contributed by atoms with E-state index in [0.29, 0.717) is 13.0 Å². The van der Waals surface area contributed by atoms with E-state index in [1.165, 1.54) is 0 Å². The van der Waals surface area contributed by atoms with Crippen LogP contribution in [0.4, 0.5) is 0 Å². The highest BCUT2D eigenvalue weighted by atomic mass is 16.8. The van der Waals surface area contributed by atoms with E-state index in [0.717, 1.165) is 12.8 Å². The van der Waals surface area contributed by atoms with Crippen molar-refractivity contribution in [2.45, 2.75) is 89.9 Å². The average Bonchev–Trinajstić information content (AvgIpc) is 2.85. The van der Waals surface area contributed by atoms with Gasteiger partial charge in [0.1, 0.15) is 18.3 Å². The Morgan fingerprint density at radius 1 is 1.10 bits per heavy atom. The van der Waals surface area contributed by atoms with Crippen LogP contribution in [-0.4, -0.2) is 47.7 Å². The van der Waals surface area contributed by atoms with Crippen LogP contribution in [0.3, 0.4) is 0 Å². The average molecular weight is 288 g/mol. The molecule has 5 nitrogen and oxygen atoms in total. The Kier molecular flexibility index (Phi) is 4.76. The number of aliphatic hydroxyl groups is 1. The summed E-state index contributed by atoms with van der Waals surface area (Å²) in [6, 6.07) is 0. The van der Waals surface area contributed by atoms with Crippen LogP contribution in [0.5, 0.6) is 0 Å². The molecule has 2 saturated heterocycles. The van der Waals surface area contributed by atoms with Gasteiger partial charge in [-0.3, -0.25) is 0 Å². The lowest BCUT2D eigenvalue weighted by Crippen LogP contribution is -2.44. The molecule has 0 bridgehead atoms. The van der Waals surface area contributed by atoms with Gasteiger partial charge in [-0.25, -0.2) is 0 Å². The first-order valence-corrected chi connectivity index (χ1v) is 7.59. The van der Waals surface area contributed by atoms with Crippen molar-refractivity contribution < 1.29 is 24.1 Å². The zero-order chi connectivity index (χ0) is 15.0. The zero-order valence-corrected chi connectivity index (χ0v) is 13.2. The van der Waals surface area contributed by atoms with Crippen LogP contribution in [-0.2, 0) is 18.9 Å². The molecule has 0 unspecified atom stereocenters. The quantitative estimate of drug-likeness (QED) is 0.840. The second kappa shape index (κ2) is 5.89. The largest absolute Gasteiger partial charge is 0.390 e. The predicted octanol–water partition coefficient (Wildman–Crippen LogP) is 2.21. The van der Waals surface area contributed by atoms with Gasteiger partial charge in [-0.1, -0.05) is 19.8 Å². The van der Waals surface area contributed by atoms with E-state index >= 15 is 0 Å².